The van der Waals surface area contributed by atoms with Gasteiger partial charge in [0.05, 0.1) is 20.6 Å². The molecule has 0 saturated carbocycles. The number of ether oxygens (including phenoxy) is 2. The Bertz CT molecular complexity index is 824. The largest absolute Gasteiger partial charge is 0.496 e. The molecule has 7 heteroatoms. The molecule has 0 aromatic heterocycles. The predicted molar refractivity (Wildman–Crippen MR) is 102 cm³/mol. The minimum Gasteiger partial charge on any atom is -0.496 e. The third kappa shape index (κ3) is 4.24. The van der Waals surface area contributed by atoms with E-state index in [1.54, 1.807) is 40.1 Å². The van der Waals surface area contributed by atoms with Gasteiger partial charge in [0.15, 0.2) is 0 Å². The van der Waals surface area contributed by atoms with Crippen LogP contribution in [0.5, 0.6) is 11.5 Å². The maximum atomic E-state index is 13.0. The van der Waals surface area contributed by atoms with Crippen molar-refractivity contribution in [3.63, 3.8) is 0 Å². The SMILES string of the molecule is COc1cccc(OC)c1C(=O)N1CCN(C(=O)Cc2ccc(F)cc2)CC1. The quantitative estimate of drug-likeness (QED) is 0.792. The van der Waals surface area contributed by atoms with Gasteiger partial charge < -0.3 is 19.3 Å². The Morgan fingerprint density at radius 1 is 0.893 bits per heavy atom. The second-order valence-corrected chi connectivity index (χ2v) is 6.51. The van der Waals surface area contributed by atoms with Crippen molar-refractivity contribution < 1.29 is 23.5 Å². The zero-order valence-corrected chi connectivity index (χ0v) is 16.0. The lowest BCUT2D eigenvalue weighted by molar-refractivity contribution is -0.131. The molecular weight excluding hydrogens is 363 g/mol. The van der Waals surface area contributed by atoms with Gasteiger partial charge in [-0.2, -0.15) is 0 Å². The molecule has 1 fully saturated rings. The average Bonchev–Trinajstić information content (AvgIpc) is 2.74. The number of nitrogens with zero attached hydrogens (tertiary/aromatic N) is 2. The zero-order valence-electron chi connectivity index (χ0n) is 16.0. The van der Waals surface area contributed by atoms with Crippen LogP contribution in [0.15, 0.2) is 42.5 Å². The van der Waals surface area contributed by atoms with Gasteiger partial charge in [-0.05, 0) is 29.8 Å². The Kier molecular flexibility index (Phi) is 6.13. The summed E-state index contributed by atoms with van der Waals surface area (Å²) in [6.45, 7) is 1.75. The second-order valence-electron chi connectivity index (χ2n) is 6.51. The minimum absolute atomic E-state index is 0.0337. The van der Waals surface area contributed by atoms with E-state index in [-0.39, 0.29) is 24.1 Å². The summed E-state index contributed by atoms with van der Waals surface area (Å²) in [6.07, 6.45) is 0.217. The van der Waals surface area contributed by atoms with Crippen LogP contribution in [-0.2, 0) is 11.2 Å². The molecule has 1 aliphatic rings. The maximum Gasteiger partial charge on any atom is 0.261 e. The standard InChI is InChI=1S/C21H23FN2O4/c1-27-17-4-3-5-18(28-2)20(17)21(26)24-12-10-23(11-13-24)19(25)14-15-6-8-16(22)9-7-15/h3-9H,10-14H2,1-2H3. The number of benzene rings is 2. The van der Waals surface area contributed by atoms with E-state index in [2.05, 4.69) is 0 Å². The fourth-order valence-corrected chi connectivity index (χ4v) is 3.27. The number of carbonyl (C=O) groups excluding carboxylic acids is 2. The van der Waals surface area contributed by atoms with Crippen molar-refractivity contribution in [2.75, 3.05) is 40.4 Å². The summed E-state index contributed by atoms with van der Waals surface area (Å²) < 4.78 is 23.6. The lowest BCUT2D eigenvalue weighted by Crippen LogP contribution is -2.51. The molecule has 0 atom stereocenters. The van der Waals surface area contributed by atoms with Gasteiger partial charge in [0.1, 0.15) is 22.9 Å². The van der Waals surface area contributed by atoms with E-state index >= 15 is 0 Å². The van der Waals surface area contributed by atoms with Gasteiger partial charge in [-0.25, -0.2) is 4.39 Å². The summed E-state index contributed by atoms with van der Waals surface area (Å²) in [7, 11) is 3.02. The highest BCUT2D eigenvalue weighted by Gasteiger charge is 2.28. The van der Waals surface area contributed by atoms with Gasteiger partial charge in [-0.3, -0.25) is 9.59 Å². The van der Waals surface area contributed by atoms with Crippen LogP contribution in [0.4, 0.5) is 4.39 Å². The molecule has 2 amide bonds. The average molecular weight is 386 g/mol. The number of hydrogen-bond acceptors (Lipinski definition) is 4. The van der Waals surface area contributed by atoms with Gasteiger partial charge in [0.25, 0.3) is 5.91 Å². The highest BCUT2D eigenvalue weighted by atomic mass is 19.1. The van der Waals surface area contributed by atoms with E-state index in [1.165, 1.54) is 26.4 Å². The van der Waals surface area contributed by atoms with Crippen molar-refractivity contribution in [1.82, 2.24) is 9.80 Å². The Hall–Kier alpha value is -3.09. The molecule has 28 heavy (non-hydrogen) atoms. The van der Waals surface area contributed by atoms with E-state index in [9.17, 15) is 14.0 Å². The van der Waals surface area contributed by atoms with Gasteiger partial charge in [0, 0.05) is 26.2 Å². The number of carbonyl (C=O) groups is 2. The van der Waals surface area contributed by atoms with Crippen molar-refractivity contribution in [3.05, 3.63) is 59.4 Å². The van der Waals surface area contributed by atoms with Crippen LogP contribution in [0.2, 0.25) is 0 Å². The molecule has 0 spiro atoms. The number of methoxy groups -OCH3 is 2. The monoisotopic (exact) mass is 386 g/mol. The van der Waals surface area contributed by atoms with Crippen molar-refractivity contribution >= 4 is 11.8 Å². The van der Waals surface area contributed by atoms with Crippen LogP contribution < -0.4 is 9.47 Å². The smallest absolute Gasteiger partial charge is 0.261 e. The van der Waals surface area contributed by atoms with Crippen molar-refractivity contribution in [1.29, 1.82) is 0 Å². The molecule has 1 saturated heterocycles. The first-order valence-electron chi connectivity index (χ1n) is 9.06. The van der Waals surface area contributed by atoms with Crippen LogP contribution in [0.1, 0.15) is 15.9 Å². The van der Waals surface area contributed by atoms with Crippen LogP contribution in [0, 0.1) is 5.82 Å². The maximum absolute atomic E-state index is 13.0. The second kappa shape index (κ2) is 8.73. The third-order valence-electron chi connectivity index (χ3n) is 4.83. The molecule has 0 radical (unpaired) electrons. The van der Waals surface area contributed by atoms with Crippen LogP contribution in [0.25, 0.3) is 0 Å². The Balaban J connectivity index is 1.63. The zero-order chi connectivity index (χ0) is 20.1. The molecule has 0 N–H and O–H groups in total. The normalized spacial score (nSPS) is 14.0. The number of hydrogen-bond donors (Lipinski definition) is 0. The molecule has 0 aliphatic carbocycles. The van der Waals surface area contributed by atoms with Crippen molar-refractivity contribution in [2.24, 2.45) is 0 Å². The summed E-state index contributed by atoms with van der Waals surface area (Å²) in [5, 5.41) is 0. The summed E-state index contributed by atoms with van der Waals surface area (Å²) in [6, 6.07) is 11.1. The molecule has 1 heterocycles. The fourth-order valence-electron chi connectivity index (χ4n) is 3.27. The molecule has 1 aliphatic heterocycles. The van der Waals surface area contributed by atoms with Crippen LogP contribution in [0.3, 0.4) is 0 Å². The van der Waals surface area contributed by atoms with E-state index in [0.29, 0.717) is 43.2 Å². The lowest BCUT2D eigenvalue weighted by Gasteiger charge is -2.35. The minimum atomic E-state index is -0.324. The van der Waals surface area contributed by atoms with Crippen molar-refractivity contribution in [2.45, 2.75) is 6.42 Å². The highest BCUT2D eigenvalue weighted by molar-refractivity contribution is 6.00. The highest BCUT2D eigenvalue weighted by Crippen LogP contribution is 2.29. The number of halogens is 1. The molecule has 3 rings (SSSR count). The number of rotatable bonds is 5. The summed E-state index contributed by atoms with van der Waals surface area (Å²) in [5.41, 5.74) is 1.15. The van der Waals surface area contributed by atoms with E-state index in [1.807, 2.05) is 0 Å². The first-order chi connectivity index (χ1) is 13.5. The van der Waals surface area contributed by atoms with Gasteiger partial charge >= 0.3 is 0 Å². The Morgan fingerprint density at radius 2 is 1.43 bits per heavy atom. The summed E-state index contributed by atoms with van der Waals surface area (Å²) in [4.78, 5) is 28.9. The van der Waals surface area contributed by atoms with Crippen LogP contribution >= 0.6 is 0 Å². The summed E-state index contributed by atoms with van der Waals surface area (Å²) in [5.74, 6) is 0.377. The van der Waals surface area contributed by atoms with Gasteiger partial charge in [-0.1, -0.05) is 18.2 Å². The third-order valence-corrected chi connectivity index (χ3v) is 4.83. The first kappa shape index (κ1) is 19.7. The number of amides is 2. The Morgan fingerprint density at radius 3 is 1.96 bits per heavy atom. The first-order valence-corrected chi connectivity index (χ1v) is 9.06. The molecule has 2 aromatic carbocycles. The van der Waals surface area contributed by atoms with Crippen LogP contribution in [-0.4, -0.2) is 62.0 Å². The summed E-state index contributed by atoms with van der Waals surface area (Å²) >= 11 is 0. The Labute approximate surface area is 163 Å². The molecule has 0 unspecified atom stereocenters. The molecule has 2 aromatic rings. The van der Waals surface area contributed by atoms with E-state index in [4.69, 9.17) is 9.47 Å². The predicted octanol–water partition coefficient (Wildman–Crippen LogP) is 2.37. The lowest BCUT2D eigenvalue weighted by atomic mass is 10.1. The molecular formula is C21H23FN2O4. The van der Waals surface area contributed by atoms with E-state index < -0.39 is 0 Å². The van der Waals surface area contributed by atoms with Gasteiger partial charge in [0.2, 0.25) is 5.91 Å². The van der Waals surface area contributed by atoms with Gasteiger partial charge in [-0.15, -0.1) is 0 Å². The molecule has 0 bridgehead atoms. The van der Waals surface area contributed by atoms with Crippen molar-refractivity contribution in [3.8, 4) is 11.5 Å². The topological polar surface area (TPSA) is 59.1 Å². The molecule has 6 nitrogen and oxygen atoms in total. The molecule has 148 valence electrons. The van der Waals surface area contributed by atoms with E-state index in [0.717, 1.165) is 5.56 Å². The number of piperazine rings is 1. The fraction of sp³-hybridized carbons (Fsp3) is 0.333.